The lowest BCUT2D eigenvalue weighted by molar-refractivity contribution is 0.0521. The number of aromatic nitrogens is 1. The lowest BCUT2D eigenvalue weighted by atomic mass is 10.3. The molecule has 13 heavy (non-hydrogen) atoms. The Hall–Kier alpha value is -1.13. The highest BCUT2D eigenvalue weighted by Gasteiger charge is 2.03. The molecule has 0 aliphatic heterocycles. The number of aliphatic hydroxyl groups is 2. The molecule has 1 heterocycles. The third kappa shape index (κ3) is 3.40. The van der Waals surface area contributed by atoms with E-state index in [1.165, 1.54) is 0 Å². The Labute approximate surface area is 76.8 Å². The van der Waals surface area contributed by atoms with Crippen LogP contribution in [0.15, 0.2) is 18.3 Å². The van der Waals surface area contributed by atoms with Crippen LogP contribution in [0.4, 0.5) is 0 Å². The van der Waals surface area contributed by atoms with Crippen LogP contribution in [0, 0.1) is 6.92 Å². The van der Waals surface area contributed by atoms with E-state index in [1.54, 1.807) is 12.3 Å². The molecule has 4 nitrogen and oxygen atoms in total. The van der Waals surface area contributed by atoms with Crippen LogP contribution in [-0.4, -0.2) is 34.5 Å². The first kappa shape index (κ1) is 9.95. The van der Waals surface area contributed by atoms with E-state index in [9.17, 15) is 0 Å². The number of pyridine rings is 1. The lowest BCUT2D eigenvalue weighted by Crippen LogP contribution is -2.21. The van der Waals surface area contributed by atoms with Gasteiger partial charge in [-0.25, -0.2) is 4.98 Å². The van der Waals surface area contributed by atoms with E-state index in [2.05, 4.69) is 4.98 Å². The van der Waals surface area contributed by atoms with Crippen molar-refractivity contribution in [1.82, 2.24) is 4.98 Å². The maximum absolute atomic E-state index is 8.99. The molecule has 72 valence electrons. The first-order valence-electron chi connectivity index (χ1n) is 4.06. The van der Waals surface area contributed by atoms with Crippen molar-refractivity contribution in [2.45, 2.75) is 13.0 Å². The second kappa shape index (κ2) is 4.79. The summed E-state index contributed by atoms with van der Waals surface area (Å²) in [7, 11) is 0. The van der Waals surface area contributed by atoms with Gasteiger partial charge in [0.05, 0.1) is 6.61 Å². The number of hydrogen-bond donors (Lipinski definition) is 2. The fraction of sp³-hybridized carbons (Fsp3) is 0.444. The number of ether oxygens (including phenoxy) is 1. The Morgan fingerprint density at radius 2 is 2.38 bits per heavy atom. The first-order valence-corrected chi connectivity index (χ1v) is 4.06. The van der Waals surface area contributed by atoms with Gasteiger partial charge in [0.2, 0.25) is 5.88 Å². The van der Waals surface area contributed by atoms with Gasteiger partial charge in [-0.3, -0.25) is 0 Å². The summed E-state index contributed by atoms with van der Waals surface area (Å²) in [5, 5.41) is 17.5. The molecule has 0 aliphatic carbocycles. The molecule has 0 saturated carbocycles. The lowest BCUT2D eigenvalue weighted by Gasteiger charge is -2.08. The summed E-state index contributed by atoms with van der Waals surface area (Å²) in [6.07, 6.45) is 0.790. The number of nitrogens with zero attached hydrogens (tertiary/aromatic N) is 1. The van der Waals surface area contributed by atoms with Gasteiger partial charge in [-0.05, 0) is 18.6 Å². The predicted octanol–water partition coefficient (Wildman–Crippen LogP) is 0.122. The molecule has 1 rings (SSSR count). The molecule has 0 unspecified atom stereocenters. The zero-order valence-corrected chi connectivity index (χ0v) is 7.47. The van der Waals surface area contributed by atoms with Gasteiger partial charge in [0.25, 0.3) is 0 Å². The molecule has 0 aliphatic rings. The van der Waals surface area contributed by atoms with Crippen molar-refractivity contribution in [1.29, 1.82) is 0 Å². The molecule has 1 atom stereocenters. The van der Waals surface area contributed by atoms with Crippen molar-refractivity contribution < 1.29 is 14.9 Å². The third-order valence-electron chi connectivity index (χ3n) is 1.52. The molecule has 0 radical (unpaired) electrons. The van der Waals surface area contributed by atoms with E-state index >= 15 is 0 Å². The molecule has 4 heteroatoms. The average molecular weight is 183 g/mol. The topological polar surface area (TPSA) is 62.6 Å². The molecule has 0 amide bonds. The maximum atomic E-state index is 8.99. The molecule has 0 bridgehead atoms. The Balaban J connectivity index is 2.45. The number of aliphatic hydroxyl groups excluding tert-OH is 2. The second-order valence-electron chi connectivity index (χ2n) is 2.82. The Kier molecular flexibility index (Phi) is 3.67. The van der Waals surface area contributed by atoms with E-state index in [-0.39, 0.29) is 13.2 Å². The molecule has 2 N–H and O–H groups in total. The van der Waals surface area contributed by atoms with E-state index < -0.39 is 6.10 Å². The van der Waals surface area contributed by atoms with Gasteiger partial charge >= 0.3 is 0 Å². The molecule has 1 aromatic heterocycles. The fourth-order valence-corrected chi connectivity index (χ4v) is 0.822. The SMILES string of the molecule is Cc1ccnc(OC[C@H](O)CO)c1. The summed E-state index contributed by atoms with van der Waals surface area (Å²) in [4.78, 5) is 3.93. The van der Waals surface area contributed by atoms with E-state index in [0.29, 0.717) is 5.88 Å². The van der Waals surface area contributed by atoms with Gasteiger partial charge in [-0.2, -0.15) is 0 Å². The van der Waals surface area contributed by atoms with Crippen molar-refractivity contribution in [3.8, 4) is 5.88 Å². The summed E-state index contributed by atoms with van der Waals surface area (Å²) in [6.45, 7) is 1.69. The summed E-state index contributed by atoms with van der Waals surface area (Å²) in [5.41, 5.74) is 1.04. The number of hydrogen-bond acceptors (Lipinski definition) is 4. The van der Waals surface area contributed by atoms with E-state index in [1.807, 2.05) is 13.0 Å². The third-order valence-corrected chi connectivity index (χ3v) is 1.52. The largest absolute Gasteiger partial charge is 0.475 e. The Bertz CT molecular complexity index is 265. The van der Waals surface area contributed by atoms with Crippen LogP contribution in [0.5, 0.6) is 5.88 Å². The minimum absolute atomic E-state index is 0.0625. The Morgan fingerprint density at radius 3 is 3.00 bits per heavy atom. The van der Waals surface area contributed by atoms with Crippen molar-refractivity contribution in [2.75, 3.05) is 13.2 Å². The standard InChI is InChI=1S/C9H13NO3/c1-7-2-3-10-9(4-7)13-6-8(12)5-11/h2-4,8,11-12H,5-6H2,1H3/t8-/m1/s1. The van der Waals surface area contributed by atoms with Crippen molar-refractivity contribution in [3.05, 3.63) is 23.9 Å². The van der Waals surface area contributed by atoms with Crippen LogP contribution in [0.25, 0.3) is 0 Å². The van der Waals surface area contributed by atoms with Gasteiger partial charge in [0, 0.05) is 12.3 Å². The molecule has 0 saturated heterocycles. The maximum Gasteiger partial charge on any atom is 0.213 e. The minimum atomic E-state index is -0.845. The van der Waals surface area contributed by atoms with Crippen molar-refractivity contribution >= 4 is 0 Å². The highest BCUT2D eigenvalue weighted by Crippen LogP contribution is 2.07. The van der Waals surface area contributed by atoms with E-state index in [4.69, 9.17) is 14.9 Å². The predicted molar refractivity (Wildman–Crippen MR) is 47.6 cm³/mol. The molecule has 1 aromatic rings. The highest BCUT2D eigenvalue weighted by atomic mass is 16.5. The van der Waals surface area contributed by atoms with Crippen LogP contribution in [-0.2, 0) is 0 Å². The minimum Gasteiger partial charge on any atom is -0.475 e. The summed E-state index contributed by atoms with van der Waals surface area (Å²) in [5.74, 6) is 0.465. The smallest absolute Gasteiger partial charge is 0.213 e. The molecule has 0 fully saturated rings. The van der Waals surface area contributed by atoms with Crippen LogP contribution in [0.2, 0.25) is 0 Å². The normalized spacial score (nSPS) is 12.5. The van der Waals surface area contributed by atoms with Crippen molar-refractivity contribution in [3.63, 3.8) is 0 Å². The van der Waals surface area contributed by atoms with E-state index in [0.717, 1.165) is 5.56 Å². The van der Waals surface area contributed by atoms with Crippen molar-refractivity contribution in [2.24, 2.45) is 0 Å². The van der Waals surface area contributed by atoms with Gasteiger partial charge < -0.3 is 14.9 Å². The van der Waals surface area contributed by atoms with Gasteiger partial charge in [0.1, 0.15) is 12.7 Å². The van der Waals surface area contributed by atoms with Gasteiger partial charge in [0.15, 0.2) is 0 Å². The second-order valence-corrected chi connectivity index (χ2v) is 2.82. The number of rotatable bonds is 4. The number of aryl methyl sites for hydroxylation is 1. The fourth-order valence-electron chi connectivity index (χ4n) is 0.822. The van der Waals surface area contributed by atoms with Crippen LogP contribution >= 0.6 is 0 Å². The summed E-state index contributed by atoms with van der Waals surface area (Å²) < 4.78 is 5.12. The highest BCUT2D eigenvalue weighted by molar-refractivity contribution is 5.18. The molecular formula is C9H13NO3. The summed E-state index contributed by atoms with van der Waals surface area (Å²) in [6, 6.07) is 3.62. The van der Waals surface area contributed by atoms with Crippen LogP contribution in [0.1, 0.15) is 5.56 Å². The monoisotopic (exact) mass is 183 g/mol. The Morgan fingerprint density at radius 1 is 1.62 bits per heavy atom. The van der Waals surface area contributed by atoms with Gasteiger partial charge in [-0.1, -0.05) is 0 Å². The average Bonchev–Trinajstić information content (AvgIpc) is 2.14. The quantitative estimate of drug-likeness (QED) is 0.696. The molecule has 0 aromatic carbocycles. The van der Waals surface area contributed by atoms with Crippen LogP contribution in [0.3, 0.4) is 0 Å². The first-order chi connectivity index (χ1) is 6.22. The van der Waals surface area contributed by atoms with Crippen LogP contribution < -0.4 is 4.74 Å². The zero-order chi connectivity index (χ0) is 9.68. The summed E-state index contributed by atoms with van der Waals surface area (Å²) >= 11 is 0. The molecular weight excluding hydrogens is 170 g/mol. The zero-order valence-electron chi connectivity index (χ0n) is 7.47. The van der Waals surface area contributed by atoms with Gasteiger partial charge in [-0.15, -0.1) is 0 Å². The molecule has 0 spiro atoms.